The van der Waals surface area contributed by atoms with Crippen LogP contribution in [0.5, 0.6) is 0 Å². The van der Waals surface area contributed by atoms with Crippen molar-refractivity contribution in [3.63, 3.8) is 0 Å². The maximum absolute atomic E-state index is 8.94. The third kappa shape index (κ3) is 2.88. The number of amides is 1. The molecule has 72 valence electrons. The van der Waals surface area contributed by atoms with Crippen molar-refractivity contribution in [2.24, 2.45) is 5.84 Å². The van der Waals surface area contributed by atoms with Crippen molar-refractivity contribution in [2.75, 3.05) is 0 Å². The van der Waals surface area contributed by atoms with E-state index in [2.05, 4.69) is 54.4 Å². The number of fused-ring (bicyclic) bond motifs is 1. The Hall–Kier alpha value is -1.87. The summed E-state index contributed by atoms with van der Waals surface area (Å²) in [4.78, 5) is 8.94. The van der Waals surface area contributed by atoms with Crippen LogP contribution < -0.4 is 11.3 Å². The molecule has 0 aromatic heterocycles. The van der Waals surface area contributed by atoms with Crippen LogP contribution in [-0.4, -0.2) is 6.41 Å². The number of nitrogens with two attached hydrogens (primary N) is 1. The zero-order valence-electron chi connectivity index (χ0n) is 7.68. The van der Waals surface area contributed by atoms with E-state index < -0.39 is 0 Å². The number of hydrazine groups is 1. The van der Waals surface area contributed by atoms with Gasteiger partial charge >= 0.3 is 0 Å². The first-order chi connectivity index (χ1) is 6.88. The molecule has 0 spiro atoms. The molecule has 0 aliphatic rings. The van der Waals surface area contributed by atoms with Gasteiger partial charge in [0.1, 0.15) is 0 Å². The van der Waals surface area contributed by atoms with Crippen molar-refractivity contribution in [1.29, 1.82) is 0 Å². The smallest absolute Gasteiger partial charge is 0.221 e. The zero-order chi connectivity index (χ0) is 10.2. The average molecular weight is 188 g/mol. The lowest BCUT2D eigenvalue weighted by Crippen LogP contribution is -2.18. The Morgan fingerprint density at radius 1 is 0.929 bits per heavy atom. The van der Waals surface area contributed by atoms with Gasteiger partial charge in [0, 0.05) is 0 Å². The van der Waals surface area contributed by atoms with E-state index in [0.717, 1.165) is 0 Å². The average Bonchev–Trinajstić information content (AvgIpc) is 2.30. The van der Waals surface area contributed by atoms with Crippen molar-refractivity contribution >= 4 is 17.2 Å². The van der Waals surface area contributed by atoms with E-state index in [0.29, 0.717) is 6.41 Å². The molecule has 0 atom stereocenters. The van der Waals surface area contributed by atoms with Gasteiger partial charge in [-0.2, -0.15) is 0 Å². The Morgan fingerprint density at radius 2 is 1.21 bits per heavy atom. The number of carbonyl (C=O) groups is 1. The first kappa shape index (κ1) is 10.2. The molecule has 0 saturated carbocycles. The van der Waals surface area contributed by atoms with Crippen molar-refractivity contribution < 1.29 is 4.79 Å². The summed E-state index contributed by atoms with van der Waals surface area (Å²) in [6.45, 7) is 0. The predicted octanol–water partition coefficient (Wildman–Crippen LogP) is 1.45. The molecule has 3 heteroatoms. The van der Waals surface area contributed by atoms with Crippen molar-refractivity contribution in [1.82, 2.24) is 5.43 Å². The number of rotatable bonds is 1. The second kappa shape index (κ2) is 5.72. The lowest BCUT2D eigenvalue weighted by Gasteiger charge is -1.92. The first-order valence-electron chi connectivity index (χ1n) is 4.22. The molecular weight excluding hydrogens is 176 g/mol. The predicted molar refractivity (Wildman–Crippen MR) is 57.3 cm³/mol. The highest BCUT2D eigenvalue weighted by molar-refractivity contribution is 5.81. The van der Waals surface area contributed by atoms with Crippen molar-refractivity contribution in [3.8, 4) is 0 Å². The molecule has 14 heavy (non-hydrogen) atoms. The molecule has 1 amide bonds. The van der Waals surface area contributed by atoms with Gasteiger partial charge in [-0.25, -0.2) is 5.84 Å². The molecule has 2 aromatic carbocycles. The van der Waals surface area contributed by atoms with Crippen LogP contribution in [0.4, 0.5) is 0 Å². The zero-order valence-corrected chi connectivity index (χ0v) is 7.68. The quantitative estimate of drug-likeness (QED) is 0.308. The van der Waals surface area contributed by atoms with E-state index in [1.165, 1.54) is 10.8 Å². The van der Waals surface area contributed by atoms with Gasteiger partial charge in [-0.1, -0.05) is 48.5 Å². The molecule has 2 rings (SSSR count). The maximum atomic E-state index is 8.94. The highest BCUT2D eigenvalue weighted by Crippen LogP contribution is 2.11. The van der Waals surface area contributed by atoms with E-state index in [9.17, 15) is 0 Å². The van der Waals surface area contributed by atoms with E-state index in [4.69, 9.17) is 4.79 Å². The van der Waals surface area contributed by atoms with Gasteiger partial charge < -0.3 is 0 Å². The van der Waals surface area contributed by atoms with Crippen molar-refractivity contribution in [3.05, 3.63) is 48.5 Å². The summed E-state index contributed by atoms with van der Waals surface area (Å²) in [6, 6.07) is 16.7. The minimum Gasteiger partial charge on any atom is -0.297 e. The molecule has 3 nitrogen and oxygen atoms in total. The Labute approximate surface area is 82.5 Å². The summed E-state index contributed by atoms with van der Waals surface area (Å²) in [5, 5.41) is 2.62. The second-order valence-electron chi connectivity index (χ2n) is 2.63. The van der Waals surface area contributed by atoms with Gasteiger partial charge in [0.15, 0.2) is 0 Å². The number of hydrogen-bond acceptors (Lipinski definition) is 2. The van der Waals surface area contributed by atoms with E-state index in [1.807, 2.05) is 0 Å². The lowest BCUT2D eigenvalue weighted by molar-refractivity contribution is -0.109. The molecule has 0 bridgehead atoms. The molecule has 0 unspecified atom stereocenters. The summed E-state index contributed by atoms with van der Waals surface area (Å²) >= 11 is 0. The monoisotopic (exact) mass is 188 g/mol. The Kier molecular flexibility index (Phi) is 4.17. The van der Waals surface area contributed by atoms with Crippen LogP contribution in [0, 0.1) is 0 Å². The minimum absolute atomic E-state index is 0.403. The summed E-state index contributed by atoms with van der Waals surface area (Å²) in [5.74, 6) is 4.41. The first-order valence-corrected chi connectivity index (χ1v) is 4.22. The van der Waals surface area contributed by atoms with Crippen LogP contribution in [-0.2, 0) is 4.79 Å². The van der Waals surface area contributed by atoms with E-state index in [1.54, 1.807) is 5.43 Å². The normalized spacial score (nSPS) is 8.64. The molecule has 2 aromatic rings. The van der Waals surface area contributed by atoms with Crippen LogP contribution in [0.25, 0.3) is 10.8 Å². The van der Waals surface area contributed by atoms with Gasteiger partial charge in [-0.3, -0.25) is 10.2 Å². The summed E-state index contributed by atoms with van der Waals surface area (Å²) in [6.07, 6.45) is 0.403. The molecular formula is C11H12N2O. The Bertz CT molecular complexity index is 336. The van der Waals surface area contributed by atoms with E-state index in [-0.39, 0.29) is 0 Å². The Morgan fingerprint density at radius 3 is 1.43 bits per heavy atom. The largest absolute Gasteiger partial charge is 0.297 e. The molecule has 3 N–H and O–H groups in total. The number of nitrogens with one attached hydrogen (secondary N) is 1. The molecule has 0 aliphatic heterocycles. The van der Waals surface area contributed by atoms with Crippen LogP contribution >= 0.6 is 0 Å². The molecule has 0 fully saturated rings. The standard InChI is InChI=1S/C10H8.CH4N2O/c1-2-6-10-8-4-3-7-9(10)5-1;2-3-1-4/h1-8H;1H,2H2,(H,3,4). The van der Waals surface area contributed by atoms with Crippen LogP contribution in [0.15, 0.2) is 48.5 Å². The van der Waals surface area contributed by atoms with Gasteiger partial charge in [-0.15, -0.1) is 0 Å². The summed E-state index contributed by atoms with van der Waals surface area (Å²) < 4.78 is 0. The lowest BCUT2D eigenvalue weighted by atomic mass is 10.1. The molecule has 0 saturated heterocycles. The second-order valence-corrected chi connectivity index (χ2v) is 2.63. The van der Waals surface area contributed by atoms with Gasteiger partial charge in [0.25, 0.3) is 0 Å². The fourth-order valence-electron chi connectivity index (χ4n) is 1.13. The fourth-order valence-corrected chi connectivity index (χ4v) is 1.13. The molecule has 0 aliphatic carbocycles. The minimum atomic E-state index is 0.403. The molecule has 0 radical (unpaired) electrons. The fraction of sp³-hybridized carbons (Fsp3) is 0. The van der Waals surface area contributed by atoms with Crippen molar-refractivity contribution in [2.45, 2.75) is 0 Å². The third-order valence-electron chi connectivity index (χ3n) is 1.73. The highest BCUT2D eigenvalue weighted by atomic mass is 16.1. The topological polar surface area (TPSA) is 55.1 Å². The third-order valence-corrected chi connectivity index (χ3v) is 1.73. The highest BCUT2D eigenvalue weighted by Gasteiger charge is 1.85. The Balaban J connectivity index is 0.000000213. The number of benzene rings is 2. The molecule has 0 heterocycles. The number of carbonyl (C=O) groups excluding carboxylic acids is 1. The summed E-state index contributed by atoms with van der Waals surface area (Å²) in [5.41, 5.74) is 1.75. The van der Waals surface area contributed by atoms with E-state index >= 15 is 0 Å². The van der Waals surface area contributed by atoms with Crippen LogP contribution in [0.1, 0.15) is 0 Å². The van der Waals surface area contributed by atoms with Gasteiger partial charge in [0.05, 0.1) is 0 Å². The maximum Gasteiger partial charge on any atom is 0.221 e. The van der Waals surface area contributed by atoms with Crippen LogP contribution in [0.2, 0.25) is 0 Å². The summed E-state index contributed by atoms with van der Waals surface area (Å²) in [7, 11) is 0. The SMILES string of the molecule is NNC=O.c1ccc2ccccc2c1. The van der Waals surface area contributed by atoms with Gasteiger partial charge in [0.2, 0.25) is 6.41 Å². The number of hydrogen-bond donors (Lipinski definition) is 2. The van der Waals surface area contributed by atoms with Crippen LogP contribution in [0.3, 0.4) is 0 Å². The van der Waals surface area contributed by atoms with Gasteiger partial charge in [-0.05, 0) is 10.8 Å².